The minimum absolute atomic E-state index is 0.163. The predicted octanol–water partition coefficient (Wildman–Crippen LogP) is -1.21. The molecule has 1 N–H and O–H groups in total. The van der Waals surface area contributed by atoms with Crippen LogP contribution in [0.4, 0.5) is 0 Å². The fourth-order valence-corrected chi connectivity index (χ4v) is 0.856. The van der Waals surface area contributed by atoms with Gasteiger partial charge < -0.3 is 15.0 Å². The van der Waals surface area contributed by atoms with Gasteiger partial charge in [-0.25, -0.2) is 0 Å². The largest absolute Gasteiger partial charge is 0.634 e. The average Bonchev–Trinajstić information content (AvgIpc) is 1.64. The predicted molar refractivity (Wildman–Crippen MR) is 29.5 cm³/mol. The molecule has 1 unspecified atom stereocenters. The first kappa shape index (κ1) is 6.01. The standard InChI is InChI=1S/C5H11NO2/c1-5-4-6(7)2-3-8-5/h5-6H,2-4H2,1H3/t5-/m1/s1. The molecule has 0 aliphatic carbocycles. The third-order valence-corrected chi connectivity index (χ3v) is 1.30. The van der Waals surface area contributed by atoms with Gasteiger partial charge in [0.15, 0.2) is 0 Å². The summed E-state index contributed by atoms with van der Waals surface area (Å²) in [6.07, 6.45) is 0.163. The molecule has 3 nitrogen and oxygen atoms in total. The van der Waals surface area contributed by atoms with Crippen molar-refractivity contribution in [2.45, 2.75) is 13.0 Å². The second kappa shape index (κ2) is 2.44. The monoisotopic (exact) mass is 117 g/mol. The Kier molecular flexibility index (Phi) is 1.83. The number of nitrogens with one attached hydrogen (secondary N) is 1. The van der Waals surface area contributed by atoms with Gasteiger partial charge in [-0.15, -0.1) is 0 Å². The lowest BCUT2D eigenvalue weighted by atomic mass is 10.3. The molecule has 1 aliphatic rings. The van der Waals surface area contributed by atoms with Gasteiger partial charge >= 0.3 is 0 Å². The van der Waals surface area contributed by atoms with Gasteiger partial charge in [-0.05, 0) is 6.92 Å². The molecular weight excluding hydrogens is 106 g/mol. The van der Waals surface area contributed by atoms with Gasteiger partial charge in [0.1, 0.15) is 19.2 Å². The lowest BCUT2D eigenvalue weighted by molar-refractivity contribution is -0.861. The topological polar surface area (TPSA) is 36.7 Å². The summed E-state index contributed by atoms with van der Waals surface area (Å²) in [6.45, 7) is 3.78. The van der Waals surface area contributed by atoms with Crippen molar-refractivity contribution >= 4 is 0 Å². The van der Waals surface area contributed by atoms with E-state index in [1.165, 1.54) is 0 Å². The highest BCUT2D eigenvalue weighted by atomic mass is 16.5. The molecule has 1 heterocycles. The second-order valence-electron chi connectivity index (χ2n) is 2.17. The van der Waals surface area contributed by atoms with Gasteiger partial charge in [0.05, 0.1) is 6.61 Å². The lowest BCUT2D eigenvalue weighted by Gasteiger charge is -2.30. The van der Waals surface area contributed by atoms with E-state index in [0.29, 0.717) is 24.8 Å². The average molecular weight is 117 g/mol. The van der Waals surface area contributed by atoms with Crippen molar-refractivity contribution in [2.24, 2.45) is 0 Å². The minimum atomic E-state index is 0.163. The zero-order valence-electron chi connectivity index (χ0n) is 5.02. The van der Waals surface area contributed by atoms with E-state index in [4.69, 9.17) is 4.74 Å². The summed E-state index contributed by atoms with van der Waals surface area (Å²) in [5.41, 5.74) is 0. The summed E-state index contributed by atoms with van der Waals surface area (Å²) >= 11 is 0. The van der Waals surface area contributed by atoms with Crippen LogP contribution in [0, 0.1) is 5.21 Å². The molecule has 1 saturated heterocycles. The summed E-state index contributed by atoms with van der Waals surface area (Å²) in [5.74, 6) is 0. The smallest absolute Gasteiger partial charge is 0.104 e. The molecule has 0 radical (unpaired) electrons. The number of quaternary nitrogens is 1. The molecule has 0 aromatic carbocycles. The van der Waals surface area contributed by atoms with Crippen molar-refractivity contribution in [2.75, 3.05) is 19.7 Å². The Morgan fingerprint density at radius 1 is 1.75 bits per heavy atom. The molecule has 0 spiro atoms. The first-order chi connectivity index (χ1) is 3.79. The number of ether oxygens (including phenoxy) is 1. The van der Waals surface area contributed by atoms with Gasteiger partial charge in [0, 0.05) is 0 Å². The van der Waals surface area contributed by atoms with Crippen molar-refractivity contribution < 1.29 is 9.80 Å². The SMILES string of the molecule is C[C@@H]1C[NH+]([O-])CCO1. The van der Waals surface area contributed by atoms with Crippen LogP contribution in [-0.2, 0) is 4.74 Å². The first-order valence-corrected chi connectivity index (χ1v) is 2.92. The summed E-state index contributed by atoms with van der Waals surface area (Å²) < 4.78 is 5.13. The number of hydrogen-bond acceptors (Lipinski definition) is 2. The number of hydroxylamine groups is 2. The Hall–Kier alpha value is -0.120. The van der Waals surface area contributed by atoms with E-state index in [1.807, 2.05) is 6.92 Å². The molecule has 1 aliphatic heterocycles. The van der Waals surface area contributed by atoms with Gasteiger partial charge in [-0.2, -0.15) is 0 Å². The Labute approximate surface area is 48.8 Å². The van der Waals surface area contributed by atoms with Crippen LogP contribution in [0.1, 0.15) is 6.92 Å². The Balaban J connectivity index is 2.23. The van der Waals surface area contributed by atoms with Crippen molar-refractivity contribution in [3.05, 3.63) is 5.21 Å². The maximum absolute atomic E-state index is 10.6. The van der Waals surface area contributed by atoms with Crippen LogP contribution in [0.2, 0.25) is 0 Å². The van der Waals surface area contributed by atoms with E-state index < -0.39 is 0 Å². The van der Waals surface area contributed by atoms with Crippen LogP contribution in [0.25, 0.3) is 0 Å². The van der Waals surface area contributed by atoms with Crippen LogP contribution in [-0.4, -0.2) is 25.8 Å². The van der Waals surface area contributed by atoms with E-state index in [0.717, 1.165) is 0 Å². The molecule has 48 valence electrons. The van der Waals surface area contributed by atoms with Crippen LogP contribution >= 0.6 is 0 Å². The van der Waals surface area contributed by atoms with Crippen molar-refractivity contribution in [3.8, 4) is 0 Å². The molecule has 0 aromatic rings. The highest BCUT2D eigenvalue weighted by Crippen LogP contribution is 1.87. The van der Waals surface area contributed by atoms with E-state index in [2.05, 4.69) is 0 Å². The van der Waals surface area contributed by atoms with Gasteiger partial charge in [0.2, 0.25) is 0 Å². The highest BCUT2D eigenvalue weighted by molar-refractivity contribution is 4.49. The lowest BCUT2D eigenvalue weighted by Crippen LogP contribution is -3.10. The van der Waals surface area contributed by atoms with Gasteiger partial charge in [-0.1, -0.05) is 0 Å². The number of hydrogen-bond donors (Lipinski definition) is 1. The maximum Gasteiger partial charge on any atom is 0.104 e. The maximum atomic E-state index is 10.6. The number of morpholine rings is 1. The number of rotatable bonds is 0. The molecule has 0 amide bonds. The normalized spacial score (nSPS) is 39.8. The zero-order chi connectivity index (χ0) is 5.98. The molecule has 2 atom stereocenters. The minimum Gasteiger partial charge on any atom is -0.634 e. The molecule has 1 rings (SSSR count). The third-order valence-electron chi connectivity index (χ3n) is 1.30. The quantitative estimate of drug-likeness (QED) is 0.404. The highest BCUT2D eigenvalue weighted by Gasteiger charge is 2.12. The third kappa shape index (κ3) is 1.43. The van der Waals surface area contributed by atoms with E-state index in [1.54, 1.807) is 0 Å². The Bertz CT molecular complexity index is 68.8. The summed E-state index contributed by atoms with van der Waals surface area (Å²) in [7, 11) is 0. The Morgan fingerprint density at radius 2 is 2.50 bits per heavy atom. The van der Waals surface area contributed by atoms with E-state index in [9.17, 15) is 5.21 Å². The Morgan fingerprint density at radius 3 is 2.88 bits per heavy atom. The summed E-state index contributed by atoms with van der Waals surface area (Å²) in [6, 6.07) is 0. The molecule has 0 saturated carbocycles. The van der Waals surface area contributed by atoms with Crippen LogP contribution in [0.15, 0.2) is 0 Å². The van der Waals surface area contributed by atoms with Gasteiger partial charge in [-0.3, -0.25) is 0 Å². The fraction of sp³-hybridized carbons (Fsp3) is 1.00. The summed E-state index contributed by atoms with van der Waals surface area (Å²) in [5, 5.41) is 10.9. The van der Waals surface area contributed by atoms with Crippen molar-refractivity contribution in [1.82, 2.24) is 0 Å². The second-order valence-corrected chi connectivity index (χ2v) is 2.17. The summed E-state index contributed by atoms with van der Waals surface area (Å²) in [4.78, 5) is 0. The molecular formula is C5H11NO2. The van der Waals surface area contributed by atoms with E-state index >= 15 is 0 Å². The molecule has 1 fully saturated rings. The fourth-order valence-electron chi connectivity index (χ4n) is 0.856. The van der Waals surface area contributed by atoms with Crippen LogP contribution < -0.4 is 5.06 Å². The molecule has 0 aromatic heterocycles. The first-order valence-electron chi connectivity index (χ1n) is 2.92. The van der Waals surface area contributed by atoms with Gasteiger partial charge in [0.25, 0.3) is 0 Å². The van der Waals surface area contributed by atoms with Crippen molar-refractivity contribution in [1.29, 1.82) is 0 Å². The van der Waals surface area contributed by atoms with E-state index in [-0.39, 0.29) is 6.10 Å². The molecule has 3 heteroatoms. The molecule has 8 heavy (non-hydrogen) atoms. The molecule has 0 bridgehead atoms. The van der Waals surface area contributed by atoms with Crippen molar-refractivity contribution in [3.63, 3.8) is 0 Å². The van der Waals surface area contributed by atoms with Crippen LogP contribution in [0.3, 0.4) is 0 Å². The zero-order valence-corrected chi connectivity index (χ0v) is 5.02. The van der Waals surface area contributed by atoms with Crippen LogP contribution in [0.5, 0.6) is 0 Å².